The predicted octanol–water partition coefficient (Wildman–Crippen LogP) is 3.18. The summed E-state index contributed by atoms with van der Waals surface area (Å²) in [6, 6.07) is 10.7. The van der Waals surface area contributed by atoms with E-state index in [0.29, 0.717) is 18.4 Å². The maximum Gasteiger partial charge on any atom is 0.0456 e. The Morgan fingerprint density at radius 3 is 2.44 bits per heavy atom. The van der Waals surface area contributed by atoms with Crippen LogP contribution in [-0.2, 0) is 0 Å². The lowest BCUT2D eigenvalue weighted by Crippen LogP contribution is -2.19. The summed E-state index contributed by atoms with van der Waals surface area (Å²) in [4.78, 5) is 0. The average Bonchev–Trinajstić information content (AvgIpc) is 2.43. The summed E-state index contributed by atoms with van der Waals surface area (Å²) < 4.78 is 0. The summed E-state index contributed by atoms with van der Waals surface area (Å²) in [5, 5.41) is 12.4. The van der Waals surface area contributed by atoms with Gasteiger partial charge in [0.1, 0.15) is 0 Å². The van der Waals surface area contributed by atoms with Crippen molar-refractivity contribution >= 4 is 0 Å². The van der Waals surface area contributed by atoms with Crippen molar-refractivity contribution in [1.82, 2.24) is 5.32 Å². The van der Waals surface area contributed by atoms with Crippen molar-refractivity contribution in [3.63, 3.8) is 0 Å². The van der Waals surface area contributed by atoms with Crippen LogP contribution in [0, 0.1) is 5.92 Å². The number of rotatable bonds is 9. The van der Waals surface area contributed by atoms with Crippen LogP contribution in [0.3, 0.4) is 0 Å². The van der Waals surface area contributed by atoms with Gasteiger partial charge in [0, 0.05) is 6.61 Å². The lowest BCUT2D eigenvalue weighted by Gasteiger charge is -2.13. The van der Waals surface area contributed by atoms with Gasteiger partial charge in [-0.05, 0) is 49.8 Å². The largest absolute Gasteiger partial charge is 0.396 e. The first-order chi connectivity index (χ1) is 8.74. The van der Waals surface area contributed by atoms with E-state index in [1.807, 2.05) is 0 Å². The van der Waals surface area contributed by atoms with E-state index in [1.165, 1.54) is 12.0 Å². The Balaban J connectivity index is 2.04. The topological polar surface area (TPSA) is 32.3 Å². The Labute approximate surface area is 111 Å². The lowest BCUT2D eigenvalue weighted by atomic mass is 9.98. The molecule has 0 bridgehead atoms. The van der Waals surface area contributed by atoms with Crippen molar-refractivity contribution in [2.45, 2.75) is 39.0 Å². The molecule has 0 heterocycles. The molecule has 2 N–H and O–H groups in total. The molecule has 0 aromatic heterocycles. The molecule has 1 rings (SSSR count). The van der Waals surface area contributed by atoms with E-state index in [-0.39, 0.29) is 0 Å². The first kappa shape index (κ1) is 15.2. The lowest BCUT2D eigenvalue weighted by molar-refractivity contribution is 0.228. The average molecular weight is 249 g/mol. The number of benzene rings is 1. The van der Waals surface area contributed by atoms with Crippen LogP contribution in [0.25, 0.3) is 0 Å². The second-order valence-corrected chi connectivity index (χ2v) is 5.28. The van der Waals surface area contributed by atoms with Gasteiger partial charge in [-0.2, -0.15) is 0 Å². The Kier molecular flexibility index (Phi) is 7.70. The molecule has 0 aliphatic heterocycles. The monoisotopic (exact) mass is 249 g/mol. The third-order valence-electron chi connectivity index (χ3n) is 3.48. The van der Waals surface area contributed by atoms with Crippen LogP contribution in [0.2, 0.25) is 0 Å². The molecule has 0 aliphatic rings. The molecule has 0 aliphatic carbocycles. The van der Waals surface area contributed by atoms with Crippen LogP contribution in [0.4, 0.5) is 0 Å². The molecular weight excluding hydrogens is 222 g/mol. The molecule has 2 unspecified atom stereocenters. The molecule has 0 radical (unpaired) electrons. The van der Waals surface area contributed by atoms with Gasteiger partial charge in [-0.15, -0.1) is 0 Å². The Bertz CT molecular complexity index is 299. The summed E-state index contributed by atoms with van der Waals surface area (Å²) in [5.41, 5.74) is 1.42. The van der Waals surface area contributed by atoms with Crippen LogP contribution in [0.5, 0.6) is 0 Å². The van der Waals surface area contributed by atoms with Gasteiger partial charge in [0.15, 0.2) is 0 Å². The zero-order valence-corrected chi connectivity index (χ0v) is 11.7. The Hall–Kier alpha value is -0.860. The van der Waals surface area contributed by atoms with E-state index in [4.69, 9.17) is 5.11 Å². The van der Waals surface area contributed by atoms with Crippen molar-refractivity contribution in [2.75, 3.05) is 19.7 Å². The van der Waals surface area contributed by atoms with Crippen molar-refractivity contribution in [3.05, 3.63) is 35.9 Å². The zero-order chi connectivity index (χ0) is 13.2. The molecule has 2 atom stereocenters. The highest BCUT2D eigenvalue weighted by Gasteiger charge is 2.04. The zero-order valence-electron chi connectivity index (χ0n) is 11.7. The minimum atomic E-state index is 0.311. The van der Waals surface area contributed by atoms with Gasteiger partial charge in [-0.3, -0.25) is 0 Å². The van der Waals surface area contributed by atoms with Gasteiger partial charge in [-0.25, -0.2) is 0 Å². The van der Waals surface area contributed by atoms with Gasteiger partial charge in [-0.1, -0.05) is 44.2 Å². The molecule has 1 aromatic rings. The van der Waals surface area contributed by atoms with Crippen molar-refractivity contribution in [3.8, 4) is 0 Å². The molecule has 2 heteroatoms. The summed E-state index contributed by atoms with van der Waals surface area (Å²) in [5.74, 6) is 1.06. The number of nitrogens with one attached hydrogen (secondary N) is 1. The molecule has 0 spiro atoms. The van der Waals surface area contributed by atoms with Crippen LogP contribution in [0.1, 0.15) is 44.6 Å². The molecule has 18 heavy (non-hydrogen) atoms. The third kappa shape index (κ3) is 6.18. The van der Waals surface area contributed by atoms with Gasteiger partial charge >= 0.3 is 0 Å². The van der Waals surface area contributed by atoms with E-state index in [2.05, 4.69) is 49.5 Å². The predicted molar refractivity (Wildman–Crippen MR) is 77.8 cm³/mol. The highest BCUT2D eigenvalue weighted by Crippen LogP contribution is 2.17. The van der Waals surface area contributed by atoms with E-state index in [1.54, 1.807) is 0 Å². The fourth-order valence-corrected chi connectivity index (χ4v) is 2.06. The Morgan fingerprint density at radius 2 is 1.78 bits per heavy atom. The minimum absolute atomic E-state index is 0.311. The smallest absolute Gasteiger partial charge is 0.0456 e. The highest BCUT2D eigenvalue weighted by atomic mass is 16.3. The summed E-state index contributed by atoms with van der Waals surface area (Å²) in [6.07, 6.45) is 3.44. The van der Waals surface area contributed by atoms with E-state index >= 15 is 0 Å². The normalized spacial score (nSPS) is 14.4. The van der Waals surface area contributed by atoms with Gasteiger partial charge in [0.25, 0.3) is 0 Å². The fraction of sp³-hybridized carbons (Fsp3) is 0.625. The molecule has 0 amide bonds. The van der Waals surface area contributed by atoms with Crippen LogP contribution in [0.15, 0.2) is 30.3 Å². The molecule has 2 nitrogen and oxygen atoms in total. The van der Waals surface area contributed by atoms with E-state index in [0.717, 1.165) is 25.9 Å². The quantitative estimate of drug-likeness (QED) is 0.659. The Morgan fingerprint density at radius 1 is 1.06 bits per heavy atom. The molecule has 1 aromatic carbocycles. The number of aliphatic hydroxyl groups is 1. The third-order valence-corrected chi connectivity index (χ3v) is 3.48. The van der Waals surface area contributed by atoms with Crippen LogP contribution >= 0.6 is 0 Å². The van der Waals surface area contributed by atoms with Gasteiger partial charge < -0.3 is 10.4 Å². The van der Waals surface area contributed by atoms with Crippen molar-refractivity contribution in [2.24, 2.45) is 5.92 Å². The number of hydrogen-bond acceptors (Lipinski definition) is 2. The molecule has 0 fully saturated rings. The maximum atomic E-state index is 8.92. The second-order valence-electron chi connectivity index (χ2n) is 5.28. The minimum Gasteiger partial charge on any atom is -0.396 e. The molecular formula is C16H27NO. The van der Waals surface area contributed by atoms with E-state index in [9.17, 15) is 0 Å². The molecule has 0 saturated heterocycles. The SMILES string of the molecule is CC(CO)CCCNCCC(C)c1ccccc1. The fourth-order valence-electron chi connectivity index (χ4n) is 2.06. The molecule has 0 saturated carbocycles. The first-order valence-corrected chi connectivity index (χ1v) is 7.10. The number of aliphatic hydroxyl groups excluding tert-OH is 1. The van der Waals surface area contributed by atoms with Crippen molar-refractivity contribution < 1.29 is 5.11 Å². The maximum absolute atomic E-state index is 8.92. The van der Waals surface area contributed by atoms with Crippen LogP contribution < -0.4 is 5.32 Å². The first-order valence-electron chi connectivity index (χ1n) is 7.10. The van der Waals surface area contributed by atoms with E-state index < -0.39 is 0 Å². The highest BCUT2D eigenvalue weighted by molar-refractivity contribution is 5.18. The summed E-state index contributed by atoms with van der Waals surface area (Å²) in [6.45, 7) is 6.82. The molecule has 102 valence electrons. The van der Waals surface area contributed by atoms with Crippen LogP contribution in [-0.4, -0.2) is 24.8 Å². The van der Waals surface area contributed by atoms with Gasteiger partial charge in [0.05, 0.1) is 0 Å². The van der Waals surface area contributed by atoms with Crippen molar-refractivity contribution in [1.29, 1.82) is 0 Å². The summed E-state index contributed by atoms with van der Waals surface area (Å²) in [7, 11) is 0. The standard InChI is InChI=1S/C16H27NO/c1-14(13-18)7-6-11-17-12-10-15(2)16-8-4-3-5-9-16/h3-5,8-9,14-15,17-18H,6-7,10-13H2,1-2H3. The summed E-state index contributed by atoms with van der Waals surface area (Å²) >= 11 is 0. The second kappa shape index (κ2) is 9.12. The van der Waals surface area contributed by atoms with Gasteiger partial charge in [0.2, 0.25) is 0 Å². The number of hydrogen-bond donors (Lipinski definition) is 2.